The van der Waals surface area contributed by atoms with Crippen LogP contribution < -0.4 is 5.73 Å². The predicted molar refractivity (Wildman–Crippen MR) is 92.2 cm³/mol. The Morgan fingerprint density at radius 3 is 2.32 bits per heavy atom. The lowest BCUT2D eigenvalue weighted by Crippen LogP contribution is -2.45. The number of benzene rings is 1. The van der Waals surface area contributed by atoms with Crippen LogP contribution in [0, 0.1) is 5.92 Å². The lowest BCUT2D eigenvalue weighted by atomic mass is 9.73. The Morgan fingerprint density at radius 2 is 1.68 bits per heavy atom. The summed E-state index contributed by atoms with van der Waals surface area (Å²) in [5.41, 5.74) is 6.90. The van der Waals surface area contributed by atoms with Crippen LogP contribution in [0.3, 0.4) is 0 Å². The van der Waals surface area contributed by atoms with Crippen molar-refractivity contribution in [2.75, 3.05) is 13.1 Å². The molecule has 1 heterocycles. The molecule has 0 radical (unpaired) electrons. The van der Waals surface area contributed by atoms with Gasteiger partial charge < -0.3 is 10.6 Å². The van der Waals surface area contributed by atoms with E-state index in [1.54, 1.807) is 0 Å². The van der Waals surface area contributed by atoms with Crippen LogP contribution >= 0.6 is 12.4 Å². The molecule has 1 aliphatic carbocycles. The number of nitrogens with zero attached hydrogens (tertiary/aromatic N) is 1. The van der Waals surface area contributed by atoms with Crippen molar-refractivity contribution < 1.29 is 4.79 Å². The summed E-state index contributed by atoms with van der Waals surface area (Å²) in [6.45, 7) is 2.39. The number of carbonyl (C=O) groups excluding carboxylic acids is 1. The smallest absolute Gasteiger partial charge is 0.225 e. The Kier molecular flexibility index (Phi) is 6.27. The minimum absolute atomic E-state index is 0. The SMILES string of the molecule is Cl.NC(=O)C(c1ccccc1)C1CCCCC1N1CCCC1. The third kappa shape index (κ3) is 3.64. The van der Waals surface area contributed by atoms with Gasteiger partial charge in [0, 0.05) is 6.04 Å². The van der Waals surface area contributed by atoms with Crippen molar-refractivity contribution in [3.05, 3.63) is 35.9 Å². The predicted octanol–water partition coefficient (Wildman–Crippen LogP) is 3.33. The standard InChI is InChI=1S/C18H26N2O.ClH/c19-18(21)17(14-8-2-1-3-9-14)15-10-4-5-11-16(15)20-12-6-7-13-20;/h1-3,8-9,15-17H,4-7,10-13H2,(H2,19,21);1H. The Hall–Kier alpha value is -1.06. The van der Waals surface area contributed by atoms with Gasteiger partial charge in [-0.25, -0.2) is 0 Å². The second-order valence-electron chi connectivity index (χ2n) is 6.55. The molecule has 0 aromatic heterocycles. The number of halogens is 1. The highest BCUT2D eigenvalue weighted by Crippen LogP contribution is 2.39. The first-order valence-corrected chi connectivity index (χ1v) is 8.35. The number of likely N-dealkylation sites (tertiary alicyclic amines) is 1. The van der Waals surface area contributed by atoms with Crippen molar-refractivity contribution in [1.82, 2.24) is 4.90 Å². The maximum atomic E-state index is 12.2. The summed E-state index contributed by atoms with van der Waals surface area (Å²) in [4.78, 5) is 14.8. The van der Waals surface area contributed by atoms with E-state index in [-0.39, 0.29) is 24.2 Å². The van der Waals surface area contributed by atoms with Crippen LogP contribution in [-0.2, 0) is 4.79 Å². The summed E-state index contributed by atoms with van der Waals surface area (Å²) in [6, 6.07) is 10.7. The maximum absolute atomic E-state index is 12.2. The molecule has 1 aliphatic heterocycles. The molecule has 1 aromatic carbocycles. The molecule has 3 unspecified atom stereocenters. The molecular weight excluding hydrogens is 296 g/mol. The van der Waals surface area contributed by atoms with Crippen LogP contribution in [0.25, 0.3) is 0 Å². The third-order valence-electron chi connectivity index (χ3n) is 5.28. The van der Waals surface area contributed by atoms with Crippen LogP contribution in [0.15, 0.2) is 30.3 Å². The van der Waals surface area contributed by atoms with Crippen molar-refractivity contribution in [2.45, 2.75) is 50.5 Å². The van der Waals surface area contributed by atoms with E-state index in [1.807, 2.05) is 18.2 Å². The van der Waals surface area contributed by atoms with Crippen LogP contribution in [0.2, 0.25) is 0 Å². The molecule has 0 bridgehead atoms. The van der Waals surface area contributed by atoms with Crippen molar-refractivity contribution in [2.24, 2.45) is 11.7 Å². The van der Waals surface area contributed by atoms with Gasteiger partial charge in [0.05, 0.1) is 5.92 Å². The van der Waals surface area contributed by atoms with Gasteiger partial charge in [0.1, 0.15) is 0 Å². The molecule has 1 saturated carbocycles. The van der Waals surface area contributed by atoms with Crippen LogP contribution in [0.1, 0.15) is 50.0 Å². The molecule has 2 fully saturated rings. The first-order chi connectivity index (χ1) is 10.3. The van der Waals surface area contributed by atoms with E-state index in [1.165, 1.54) is 45.2 Å². The Bertz CT molecular complexity index is 473. The summed E-state index contributed by atoms with van der Waals surface area (Å²) < 4.78 is 0. The second kappa shape index (κ2) is 7.98. The van der Waals surface area contributed by atoms with Crippen molar-refractivity contribution in [1.29, 1.82) is 0 Å². The van der Waals surface area contributed by atoms with E-state index in [9.17, 15) is 4.79 Å². The number of amides is 1. The molecule has 2 N–H and O–H groups in total. The normalized spacial score (nSPS) is 27.1. The summed E-state index contributed by atoms with van der Waals surface area (Å²) in [7, 11) is 0. The van der Waals surface area contributed by atoms with Crippen molar-refractivity contribution >= 4 is 18.3 Å². The van der Waals surface area contributed by atoms with E-state index in [0.717, 1.165) is 12.0 Å². The van der Waals surface area contributed by atoms with Crippen molar-refractivity contribution in [3.8, 4) is 0 Å². The summed E-state index contributed by atoms with van der Waals surface area (Å²) in [6.07, 6.45) is 7.47. The molecule has 1 saturated heterocycles. The average Bonchev–Trinajstić information content (AvgIpc) is 3.03. The molecule has 3 atom stereocenters. The van der Waals surface area contributed by atoms with E-state index >= 15 is 0 Å². The lowest BCUT2D eigenvalue weighted by molar-refractivity contribution is -0.121. The van der Waals surface area contributed by atoms with E-state index in [4.69, 9.17) is 5.73 Å². The molecule has 3 nitrogen and oxygen atoms in total. The quantitative estimate of drug-likeness (QED) is 0.924. The maximum Gasteiger partial charge on any atom is 0.225 e. The fourth-order valence-corrected chi connectivity index (χ4v) is 4.34. The average molecular weight is 323 g/mol. The lowest BCUT2D eigenvalue weighted by Gasteiger charge is -2.41. The first kappa shape index (κ1) is 17.3. The molecule has 2 aliphatic rings. The summed E-state index contributed by atoms with van der Waals surface area (Å²) in [5.74, 6) is 0.103. The molecule has 1 amide bonds. The molecule has 0 spiro atoms. The molecule has 22 heavy (non-hydrogen) atoms. The number of carbonyl (C=O) groups is 1. The van der Waals surface area contributed by atoms with Gasteiger partial charge >= 0.3 is 0 Å². The fourth-order valence-electron chi connectivity index (χ4n) is 4.34. The first-order valence-electron chi connectivity index (χ1n) is 8.35. The minimum atomic E-state index is -0.155. The Balaban J connectivity index is 0.00000176. The zero-order valence-electron chi connectivity index (χ0n) is 13.1. The number of rotatable bonds is 4. The van der Waals surface area contributed by atoms with Gasteiger partial charge in [-0.3, -0.25) is 4.79 Å². The van der Waals surface area contributed by atoms with E-state index in [2.05, 4.69) is 17.0 Å². The van der Waals surface area contributed by atoms with Gasteiger partial charge in [-0.1, -0.05) is 43.2 Å². The minimum Gasteiger partial charge on any atom is -0.369 e. The number of nitrogens with two attached hydrogens (primary N) is 1. The number of hydrogen-bond acceptors (Lipinski definition) is 2. The monoisotopic (exact) mass is 322 g/mol. The second-order valence-corrected chi connectivity index (χ2v) is 6.55. The van der Waals surface area contributed by atoms with Crippen LogP contribution in [0.5, 0.6) is 0 Å². The third-order valence-corrected chi connectivity index (χ3v) is 5.28. The van der Waals surface area contributed by atoms with Crippen LogP contribution in [-0.4, -0.2) is 29.9 Å². The zero-order valence-corrected chi connectivity index (χ0v) is 13.9. The fraction of sp³-hybridized carbons (Fsp3) is 0.611. The summed E-state index contributed by atoms with van der Waals surface area (Å²) >= 11 is 0. The zero-order chi connectivity index (χ0) is 14.7. The highest BCUT2D eigenvalue weighted by atomic mass is 35.5. The number of hydrogen-bond donors (Lipinski definition) is 1. The van der Waals surface area contributed by atoms with Crippen LogP contribution in [0.4, 0.5) is 0 Å². The molecule has 4 heteroatoms. The molecular formula is C18H27ClN2O. The largest absolute Gasteiger partial charge is 0.369 e. The molecule has 1 aromatic rings. The van der Waals surface area contributed by atoms with Gasteiger partial charge in [-0.05, 0) is 50.3 Å². The number of primary amides is 1. The highest BCUT2D eigenvalue weighted by Gasteiger charge is 2.39. The van der Waals surface area contributed by atoms with E-state index < -0.39 is 0 Å². The Labute approximate surface area is 139 Å². The van der Waals surface area contributed by atoms with Gasteiger partial charge in [-0.2, -0.15) is 0 Å². The van der Waals surface area contributed by atoms with Crippen molar-refractivity contribution in [3.63, 3.8) is 0 Å². The Morgan fingerprint density at radius 1 is 1.05 bits per heavy atom. The molecule has 122 valence electrons. The van der Waals surface area contributed by atoms with Gasteiger partial charge in [-0.15, -0.1) is 12.4 Å². The van der Waals surface area contributed by atoms with Gasteiger partial charge in [0.2, 0.25) is 5.91 Å². The molecule has 3 rings (SSSR count). The topological polar surface area (TPSA) is 46.3 Å². The van der Waals surface area contributed by atoms with E-state index in [0.29, 0.717) is 12.0 Å². The van der Waals surface area contributed by atoms with Gasteiger partial charge in [0.15, 0.2) is 0 Å². The highest BCUT2D eigenvalue weighted by molar-refractivity contribution is 5.85. The van der Waals surface area contributed by atoms with Gasteiger partial charge in [0.25, 0.3) is 0 Å². The summed E-state index contributed by atoms with van der Waals surface area (Å²) in [5, 5.41) is 0.